The molecule has 0 aromatic carbocycles. The molecule has 0 saturated carbocycles. The number of phosphoric acid groups is 3. The summed E-state index contributed by atoms with van der Waals surface area (Å²) in [5, 5.41) is 26.6. The molecule has 55 heavy (non-hydrogen) atoms. The van der Waals surface area contributed by atoms with E-state index in [-0.39, 0.29) is 35.9 Å². The molecule has 2 unspecified atom stereocenters. The van der Waals surface area contributed by atoms with Crippen molar-refractivity contribution in [3.8, 4) is 0 Å². The van der Waals surface area contributed by atoms with Crippen LogP contribution in [0.25, 0.3) is 11.2 Å². The van der Waals surface area contributed by atoms with Crippen LogP contribution in [0.3, 0.4) is 0 Å². The Morgan fingerprint density at radius 2 is 1.71 bits per heavy atom. The summed E-state index contributed by atoms with van der Waals surface area (Å²) in [7, 11) is -16.3. The van der Waals surface area contributed by atoms with Gasteiger partial charge in [-0.3, -0.25) is 27.7 Å². The van der Waals surface area contributed by atoms with E-state index in [2.05, 4.69) is 34.4 Å². The van der Waals surface area contributed by atoms with E-state index >= 15 is 0 Å². The van der Waals surface area contributed by atoms with Crippen LogP contribution in [0, 0.1) is 5.41 Å². The number of imidazole rings is 1. The average molecular weight is 867 g/mol. The zero-order valence-electron chi connectivity index (χ0n) is 30.0. The first kappa shape index (κ1) is 47.2. The molecule has 7 atom stereocenters. The standard InChI is InChI=1S/C27H49N8O16P3S/c1-27(2,22(38)25(39)31-9-7-18(36)30-10-12-55-11-6-4-3-5-8-28)14-48-54(45,46)51-53(43,44)47-13-17-21(50-52(40,41)42)20(37)26(49-17)35-16-34-19-23(29)32-15-33-24(19)35/h15-17,20-22,26,37-38H,3-14,28H2,1-2H3,(H,30,36)(H,31,39)(H,43,44)(H,45,46)(H2,29,32,33)(H2,40,41,42)/t17-,20-,21-,22+,26-/m1/s1. The Bertz CT molecular complexity index is 1720. The van der Waals surface area contributed by atoms with E-state index in [4.69, 9.17) is 25.3 Å². The molecule has 314 valence electrons. The number of nitrogens with two attached hydrogens (primary N) is 2. The first-order chi connectivity index (χ1) is 25.7. The lowest BCUT2D eigenvalue weighted by molar-refractivity contribution is -0.137. The van der Waals surface area contributed by atoms with Crippen molar-refractivity contribution in [2.24, 2.45) is 11.1 Å². The van der Waals surface area contributed by atoms with E-state index in [1.807, 2.05) is 0 Å². The molecule has 24 nitrogen and oxygen atoms in total. The zero-order chi connectivity index (χ0) is 41.0. The van der Waals surface area contributed by atoms with Crippen molar-refractivity contribution in [3.05, 3.63) is 12.7 Å². The molecule has 1 aliphatic heterocycles. The minimum atomic E-state index is -5.55. The minimum Gasteiger partial charge on any atom is -0.386 e. The van der Waals surface area contributed by atoms with Crippen LogP contribution in [-0.2, 0) is 45.9 Å². The normalized spacial score (nSPS) is 21.9. The van der Waals surface area contributed by atoms with Crippen LogP contribution in [0.1, 0.15) is 52.2 Å². The van der Waals surface area contributed by atoms with Crippen molar-refractivity contribution in [2.45, 2.75) is 76.6 Å². The smallest absolute Gasteiger partial charge is 0.386 e. The molecule has 0 bridgehead atoms. The Kier molecular flexibility index (Phi) is 18.1. The highest BCUT2D eigenvalue weighted by atomic mass is 32.2. The van der Waals surface area contributed by atoms with E-state index in [0.717, 1.165) is 54.4 Å². The molecule has 3 rings (SSSR count). The number of hydrogen-bond donors (Lipinski definition) is 10. The first-order valence-corrected chi connectivity index (χ1v) is 22.5. The number of nitrogens with one attached hydrogen (secondary N) is 2. The van der Waals surface area contributed by atoms with E-state index in [9.17, 15) is 53.1 Å². The fourth-order valence-electron chi connectivity index (χ4n) is 5.01. The summed E-state index contributed by atoms with van der Waals surface area (Å²) < 4.78 is 62.1. The maximum Gasteiger partial charge on any atom is 0.481 e. The van der Waals surface area contributed by atoms with Crippen LogP contribution in [0.4, 0.5) is 5.82 Å². The molecule has 1 fully saturated rings. The monoisotopic (exact) mass is 866 g/mol. The van der Waals surface area contributed by atoms with Gasteiger partial charge in [-0.1, -0.05) is 26.7 Å². The van der Waals surface area contributed by atoms with Crippen LogP contribution >= 0.6 is 35.2 Å². The molecule has 1 aliphatic rings. The zero-order valence-corrected chi connectivity index (χ0v) is 33.5. The molecule has 0 radical (unpaired) electrons. The highest BCUT2D eigenvalue weighted by Gasteiger charge is 2.50. The van der Waals surface area contributed by atoms with Gasteiger partial charge in [0.05, 0.1) is 19.5 Å². The predicted octanol–water partition coefficient (Wildman–Crippen LogP) is -0.343. The lowest BCUT2D eigenvalue weighted by Gasteiger charge is -2.30. The van der Waals surface area contributed by atoms with E-state index in [1.54, 1.807) is 11.8 Å². The number of anilines is 1. The summed E-state index contributed by atoms with van der Waals surface area (Å²) in [5.74, 6) is 0.418. The second kappa shape index (κ2) is 21.0. The molecule has 2 amide bonds. The third kappa shape index (κ3) is 15.3. The number of aromatic nitrogens is 4. The summed E-state index contributed by atoms with van der Waals surface area (Å²) in [4.78, 5) is 75.6. The number of carbonyl (C=O) groups is 2. The third-order valence-electron chi connectivity index (χ3n) is 7.89. The van der Waals surface area contributed by atoms with Crippen molar-refractivity contribution in [2.75, 3.05) is 50.1 Å². The van der Waals surface area contributed by atoms with Crippen LogP contribution in [0.5, 0.6) is 0 Å². The van der Waals surface area contributed by atoms with Crippen LogP contribution < -0.4 is 22.1 Å². The molecular weight excluding hydrogens is 817 g/mol. The van der Waals surface area contributed by atoms with Crippen molar-refractivity contribution >= 4 is 64.0 Å². The maximum atomic E-state index is 12.7. The molecule has 0 aliphatic carbocycles. The number of aliphatic hydroxyl groups is 2. The molecule has 2 aromatic heterocycles. The van der Waals surface area contributed by atoms with Gasteiger partial charge in [-0.05, 0) is 25.1 Å². The number of hydrogen-bond acceptors (Lipinski definition) is 18. The van der Waals surface area contributed by atoms with Gasteiger partial charge in [0, 0.05) is 30.7 Å². The van der Waals surface area contributed by atoms with Gasteiger partial charge in [-0.25, -0.2) is 28.6 Å². The van der Waals surface area contributed by atoms with Gasteiger partial charge in [0.2, 0.25) is 11.8 Å². The van der Waals surface area contributed by atoms with E-state index < -0.39 is 78.6 Å². The quantitative estimate of drug-likeness (QED) is 0.0450. The van der Waals surface area contributed by atoms with Gasteiger partial charge < -0.3 is 56.6 Å². The number of nitrogen functional groups attached to an aromatic ring is 1. The molecule has 12 N–H and O–H groups in total. The lowest BCUT2D eigenvalue weighted by Crippen LogP contribution is -2.46. The average Bonchev–Trinajstić information content (AvgIpc) is 3.65. The fraction of sp³-hybridized carbons (Fsp3) is 0.741. The number of thioether (sulfide) groups is 1. The van der Waals surface area contributed by atoms with Crippen LogP contribution in [0.15, 0.2) is 12.7 Å². The third-order valence-corrected chi connectivity index (χ3v) is 12.1. The summed E-state index contributed by atoms with van der Waals surface area (Å²) in [6, 6.07) is 0. The topological polar surface area (TPSA) is 373 Å². The number of rotatable bonds is 25. The van der Waals surface area contributed by atoms with Gasteiger partial charge in [0.15, 0.2) is 17.7 Å². The second-order valence-corrected chi connectivity index (χ2v) is 18.3. The SMILES string of the molecule is CC(C)(COP(=O)(O)OP(=O)(O)OC[C@H]1O[C@@H](n2cnc3c(N)ncnc32)[C@H](O)[C@@H]1OP(=O)(O)O)[C@@H](O)C(=O)NCCC(=O)NCCSCCCCCCN. The van der Waals surface area contributed by atoms with E-state index in [1.165, 1.54) is 13.8 Å². The van der Waals surface area contributed by atoms with Crippen molar-refractivity contribution < 1.29 is 75.7 Å². The molecule has 0 spiro atoms. The first-order valence-electron chi connectivity index (χ1n) is 16.8. The fourth-order valence-corrected chi connectivity index (χ4v) is 8.69. The Balaban J connectivity index is 1.47. The van der Waals surface area contributed by atoms with Crippen molar-refractivity contribution in [1.82, 2.24) is 30.2 Å². The molecule has 1 saturated heterocycles. The van der Waals surface area contributed by atoms with Gasteiger partial charge in [-0.15, -0.1) is 0 Å². The predicted molar refractivity (Wildman–Crippen MR) is 194 cm³/mol. The van der Waals surface area contributed by atoms with E-state index in [0.29, 0.717) is 13.1 Å². The van der Waals surface area contributed by atoms with Gasteiger partial charge in [0.1, 0.15) is 36.3 Å². The molecule has 3 heterocycles. The number of amides is 2. The van der Waals surface area contributed by atoms with Crippen molar-refractivity contribution in [1.29, 1.82) is 0 Å². The number of aliphatic hydroxyl groups excluding tert-OH is 2. The number of unbranched alkanes of at least 4 members (excludes halogenated alkanes) is 3. The number of phosphoric ester groups is 3. The largest absolute Gasteiger partial charge is 0.481 e. The summed E-state index contributed by atoms with van der Waals surface area (Å²) in [6.45, 7) is 1.59. The lowest BCUT2D eigenvalue weighted by atomic mass is 9.87. The minimum absolute atomic E-state index is 0.0351. The summed E-state index contributed by atoms with van der Waals surface area (Å²) in [6.07, 6.45) is -2.44. The Hall–Kier alpha value is -2.15. The summed E-state index contributed by atoms with van der Waals surface area (Å²) in [5.41, 5.74) is 9.79. The Labute approximate surface area is 319 Å². The number of fused-ring (bicyclic) bond motifs is 1. The van der Waals surface area contributed by atoms with Crippen LogP contribution in [0.2, 0.25) is 0 Å². The molecule has 2 aromatic rings. The Morgan fingerprint density at radius 1 is 1.02 bits per heavy atom. The van der Waals surface area contributed by atoms with Gasteiger partial charge in [0.25, 0.3) is 0 Å². The highest BCUT2D eigenvalue weighted by Crippen LogP contribution is 2.61. The highest BCUT2D eigenvalue weighted by molar-refractivity contribution is 7.99. The summed E-state index contributed by atoms with van der Waals surface area (Å²) >= 11 is 1.71. The van der Waals surface area contributed by atoms with Gasteiger partial charge in [-0.2, -0.15) is 16.1 Å². The second-order valence-electron chi connectivity index (χ2n) is 12.9. The number of nitrogens with zero attached hydrogens (tertiary/aromatic N) is 4. The van der Waals surface area contributed by atoms with Crippen LogP contribution in [-0.4, -0.2) is 130 Å². The molecular formula is C27H49N8O16P3S. The Morgan fingerprint density at radius 3 is 2.40 bits per heavy atom. The van der Waals surface area contributed by atoms with Gasteiger partial charge >= 0.3 is 23.5 Å². The van der Waals surface area contributed by atoms with Crippen molar-refractivity contribution in [3.63, 3.8) is 0 Å². The number of carbonyl (C=O) groups excluding carboxylic acids is 2. The molecule has 28 heteroatoms. The maximum absolute atomic E-state index is 12.7. The number of ether oxygens (including phenoxy) is 1.